The van der Waals surface area contributed by atoms with Gasteiger partial charge in [0.2, 0.25) is 0 Å². The van der Waals surface area contributed by atoms with Crippen molar-refractivity contribution in [1.29, 1.82) is 5.41 Å². The minimum atomic E-state index is -4.90. The van der Waals surface area contributed by atoms with Gasteiger partial charge in [0.1, 0.15) is 18.1 Å². The Labute approximate surface area is 215 Å². The van der Waals surface area contributed by atoms with Crippen molar-refractivity contribution in [3.8, 4) is 0 Å². The number of thiazole rings is 1. The molecule has 3 rings (SSSR count). The Kier molecular flexibility index (Phi) is 8.35. The Morgan fingerprint density at radius 3 is 2.56 bits per heavy atom. The zero-order chi connectivity index (χ0) is 26.7. The lowest BCUT2D eigenvalue weighted by Gasteiger charge is -2.50. The topological polar surface area (TPSA) is 211 Å². The van der Waals surface area contributed by atoms with Gasteiger partial charge in [0, 0.05) is 28.0 Å². The van der Waals surface area contributed by atoms with Crippen LogP contribution in [0.15, 0.2) is 39.7 Å². The summed E-state index contributed by atoms with van der Waals surface area (Å²) in [5, 5.41) is 13.6. The number of carbonyl (C=O) groups excluding carboxylic acids is 2. The molecule has 0 radical (unpaired) electrons. The smallest absolute Gasteiger partial charge is 0.394 e. The number of Topliss-reactive ketones (excluding diaryl/α,β-unsaturated/α-hetero) is 1. The second kappa shape index (κ2) is 10.9. The SMILES string of the molecule is CC1(C)[C@H](CC(=O)/C(=N\OCCSc2ccc(C(=N)N)cc2)c2csc(N)n2)C(=O)N1OS(=O)(=O)O. The fourth-order valence-electron chi connectivity index (χ4n) is 3.32. The van der Waals surface area contributed by atoms with E-state index in [1.165, 1.54) is 31.0 Å². The van der Waals surface area contributed by atoms with E-state index in [0.717, 1.165) is 16.2 Å². The van der Waals surface area contributed by atoms with E-state index in [1.54, 1.807) is 12.1 Å². The molecule has 16 heteroatoms. The van der Waals surface area contributed by atoms with E-state index in [0.29, 0.717) is 16.4 Å². The van der Waals surface area contributed by atoms with Crippen LogP contribution >= 0.6 is 23.1 Å². The van der Waals surface area contributed by atoms with Crippen molar-refractivity contribution >= 4 is 61.9 Å². The largest absolute Gasteiger partial charge is 0.418 e. The summed E-state index contributed by atoms with van der Waals surface area (Å²) >= 11 is 2.57. The van der Waals surface area contributed by atoms with Crippen molar-refractivity contribution in [2.24, 2.45) is 16.8 Å². The number of hydroxylamine groups is 2. The first-order valence-corrected chi connectivity index (χ1v) is 13.6. The highest BCUT2D eigenvalue weighted by atomic mass is 32.3. The Hall–Kier alpha value is -3.05. The maximum Gasteiger partial charge on any atom is 0.418 e. The van der Waals surface area contributed by atoms with Crippen LogP contribution in [0.1, 0.15) is 31.5 Å². The summed E-state index contributed by atoms with van der Waals surface area (Å²) in [5.41, 5.74) is 10.6. The average molecular weight is 557 g/mol. The van der Waals surface area contributed by atoms with E-state index in [9.17, 15) is 18.0 Å². The first kappa shape index (κ1) is 27.5. The molecule has 2 heterocycles. The van der Waals surface area contributed by atoms with Gasteiger partial charge in [-0.05, 0) is 26.0 Å². The Morgan fingerprint density at radius 2 is 2.03 bits per heavy atom. The highest BCUT2D eigenvalue weighted by Crippen LogP contribution is 2.40. The first-order valence-electron chi connectivity index (χ1n) is 10.3. The molecule has 2 aromatic rings. The fourth-order valence-corrected chi connectivity index (χ4v) is 5.05. The number of amides is 1. The average Bonchev–Trinajstić information content (AvgIpc) is 3.23. The zero-order valence-corrected chi connectivity index (χ0v) is 21.7. The fraction of sp³-hybridized carbons (Fsp3) is 0.350. The molecule has 1 fully saturated rings. The normalized spacial score (nSPS) is 17.5. The first-order chi connectivity index (χ1) is 16.8. The van der Waals surface area contributed by atoms with Gasteiger partial charge >= 0.3 is 10.4 Å². The Morgan fingerprint density at radius 1 is 1.36 bits per heavy atom. The minimum absolute atomic E-state index is 0.0188. The summed E-state index contributed by atoms with van der Waals surface area (Å²) < 4.78 is 35.2. The number of nitrogens with one attached hydrogen (secondary N) is 1. The quantitative estimate of drug-likeness (QED) is 0.0558. The summed E-state index contributed by atoms with van der Waals surface area (Å²) in [6, 6.07) is 7.12. The predicted octanol–water partition coefficient (Wildman–Crippen LogP) is 1.45. The van der Waals surface area contributed by atoms with Gasteiger partial charge in [-0.25, -0.2) is 4.98 Å². The van der Waals surface area contributed by atoms with Crippen LogP contribution in [0, 0.1) is 11.3 Å². The number of hydrogen-bond donors (Lipinski definition) is 4. The van der Waals surface area contributed by atoms with Gasteiger partial charge in [-0.2, -0.15) is 13.5 Å². The number of ketones is 1. The van der Waals surface area contributed by atoms with Crippen LogP contribution in [0.2, 0.25) is 0 Å². The number of β-lactam (4-membered cyclic amide) rings is 1. The van der Waals surface area contributed by atoms with Gasteiger partial charge in [0.05, 0.1) is 11.5 Å². The second-order valence-corrected chi connectivity index (χ2v) is 11.2. The Balaban J connectivity index is 1.64. The predicted molar refractivity (Wildman–Crippen MR) is 134 cm³/mol. The monoisotopic (exact) mass is 556 g/mol. The molecule has 0 bridgehead atoms. The molecule has 36 heavy (non-hydrogen) atoms. The number of hydrogen-bond acceptors (Lipinski definition) is 12. The highest BCUT2D eigenvalue weighted by Gasteiger charge is 2.57. The van der Waals surface area contributed by atoms with E-state index in [1.807, 2.05) is 12.1 Å². The summed E-state index contributed by atoms with van der Waals surface area (Å²) in [4.78, 5) is 35.8. The van der Waals surface area contributed by atoms with Crippen molar-refractivity contribution in [1.82, 2.24) is 10.0 Å². The number of amidine groups is 1. The van der Waals surface area contributed by atoms with Crippen LogP contribution in [-0.4, -0.2) is 64.2 Å². The molecule has 0 aliphatic carbocycles. The van der Waals surface area contributed by atoms with Crippen molar-refractivity contribution in [3.63, 3.8) is 0 Å². The number of nitrogen functional groups attached to an aromatic ring is 2. The maximum atomic E-state index is 13.1. The lowest BCUT2D eigenvalue weighted by Crippen LogP contribution is -2.68. The van der Waals surface area contributed by atoms with E-state index < -0.39 is 33.5 Å². The molecule has 0 saturated carbocycles. The molecule has 0 spiro atoms. The molecule has 1 aliphatic rings. The molecule has 1 atom stereocenters. The number of nitrogens with zero attached hydrogens (tertiary/aromatic N) is 3. The van der Waals surface area contributed by atoms with Crippen LogP contribution in [-0.2, 0) is 29.1 Å². The second-order valence-electron chi connectivity index (χ2n) is 8.10. The van der Waals surface area contributed by atoms with E-state index >= 15 is 0 Å². The van der Waals surface area contributed by atoms with Crippen LogP contribution in [0.25, 0.3) is 0 Å². The molecule has 1 aromatic heterocycles. The summed E-state index contributed by atoms with van der Waals surface area (Å²) in [7, 11) is -4.90. The molecule has 1 amide bonds. The van der Waals surface area contributed by atoms with Gasteiger partial charge in [-0.15, -0.1) is 27.4 Å². The number of oxime groups is 1. The number of rotatable bonds is 12. The van der Waals surface area contributed by atoms with E-state index in [-0.39, 0.29) is 35.4 Å². The molecule has 13 nitrogen and oxygen atoms in total. The lowest BCUT2D eigenvalue weighted by molar-refractivity contribution is -0.228. The summed E-state index contributed by atoms with van der Waals surface area (Å²) in [5.74, 6) is -1.79. The summed E-state index contributed by atoms with van der Waals surface area (Å²) in [6.45, 7) is 3.14. The van der Waals surface area contributed by atoms with Crippen molar-refractivity contribution in [2.75, 3.05) is 18.1 Å². The molecule has 6 N–H and O–H groups in total. The van der Waals surface area contributed by atoms with E-state index in [4.69, 9.17) is 26.3 Å². The van der Waals surface area contributed by atoms with Crippen LogP contribution in [0.5, 0.6) is 0 Å². The molecule has 194 valence electrons. The number of nitrogens with two attached hydrogens (primary N) is 2. The maximum absolute atomic E-state index is 13.1. The van der Waals surface area contributed by atoms with Crippen LogP contribution in [0.4, 0.5) is 5.13 Å². The van der Waals surface area contributed by atoms with Crippen LogP contribution in [0.3, 0.4) is 0 Å². The third-order valence-electron chi connectivity index (χ3n) is 5.23. The molecule has 1 aliphatic heterocycles. The van der Waals surface area contributed by atoms with Crippen molar-refractivity contribution in [2.45, 2.75) is 30.7 Å². The van der Waals surface area contributed by atoms with Crippen molar-refractivity contribution < 1.29 is 31.7 Å². The zero-order valence-electron chi connectivity index (χ0n) is 19.2. The lowest BCUT2D eigenvalue weighted by atomic mass is 9.74. The molecule has 1 aromatic carbocycles. The third kappa shape index (κ3) is 6.58. The van der Waals surface area contributed by atoms with Crippen LogP contribution < -0.4 is 11.5 Å². The molecule has 0 unspecified atom stereocenters. The molecular formula is C20H24N6O7S3. The van der Waals surface area contributed by atoms with Gasteiger partial charge in [0.25, 0.3) is 5.91 Å². The van der Waals surface area contributed by atoms with Gasteiger partial charge in [0.15, 0.2) is 16.6 Å². The number of thioether (sulfide) groups is 1. The number of aromatic nitrogens is 1. The van der Waals surface area contributed by atoms with Crippen molar-refractivity contribution in [3.05, 3.63) is 40.9 Å². The standard InChI is InChI=1S/C20H24N6O7S3/c1-20(2)13(18(28)26(20)33-36(29,30)31)9-15(27)16(14-10-35-19(23)24-14)25-32-7-8-34-12-5-3-11(4-6-12)17(21)22/h3-6,10,13H,7-9H2,1-2H3,(H3,21,22)(H2,23,24)(H,29,30,31)/b25-16-/t13-/m1/s1. The number of benzene rings is 1. The number of anilines is 1. The Bertz CT molecular complexity index is 1290. The molecular weight excluding hydrogens is 532 g/mol. The summed E-state index contributed by atoms with van der Waals surface area (Å²) in [6.07, 6.45) is -0.325. The molecule has 1 saturated heterocycles. The van der Waals surface area contributed by atoms with Gasteiger partial charge in [-0.1, -0.05) is 17.3 Å². The van der Waals surface area contributed by atoms with Gasteiger partial charge < -0.3 is 16.3 Å². The minimum Gasteiger partial charge on any atom is -0.394 e. The highest BCUT2D eigenvalue weighted by molar-refractivity contribution is 7.99. The van der Waals surface area contributed by atoms with E-state index in [2.05, 4.69) is 14.4 Å². The number of carbonyl (C=O) groups is 2. The van der Waals surface area contributed by atoms with Gasteiger partial charge in [-0.3, -0.25) is 19.6 Å². The third-order valence-corrected chi connectivity index (χ3v) is 7.21.